The molecule has 86 valence electrons. The van der Waals surface area contributed by atoms with Gasteiger partial charge in [-0.15, -0.1) is 11.3 Å². The summed E-state index contributed by atoms with van der Waals surface area (Å²) in [5, 5.41) is 9.70. The van der Waals surface area contributed by atoms with E-state index < -0.39 is 6.10 Å². The van der Waals surface area contributed by atoms with Gasteiger partial charge >= 0.3 is 0 Å². The van der Waals surface area contributed by atoms with Gasteiger partial charge in [0.1, 0.15) is 0 Å². The van der Waals surface area contributed by atoms with Crippen LogP contribution >= 0.6 is 11.3 Å². The number of aliphatic hydroxyl groups excluding tert-OH is 1. The van der Waals surface area contributed by atoms with Gasteiger partial charge in [0.05, 0.1) is 6.10 Å². The molecule has 0 amide bonds. The van der Waals surface area contributed by atoms with Crippen LogP contribution in [0.4, 0.5) is 0 Å². The topological polar surface area (TPSA) is 46.2 Å². The third kappa shape index (κ3) is 3.59. The molecular formula is C12H21NOS. The maximum Gasteiger partial charge on any atom is 0.0694 e. The van der Waals surface area contributed by atoms with Crippen LogP contribution in [-0.2, 0) is 6.42 Å². The van der Waals surface area contributed by atoms with Crippen LogP contribution in [-0.4, -0.2) is 17.3 Å². The number of aliphatic hydroxyl groups is 1. The molecule has 0 aliphatic heterocycles. The average Bonchev–Trinajstić information content (AvgIpc) is 2.65. The summed E-state index contributed by atoms with van der Waals surface area (Å²) < 4.78 is 0. The first-order valence-corrected chi connectivity index (χ1v) is 6.38. The molecule has 3 unspecified atom stereocenters. The first-order chi connectivity index (χ1) is 7.04. The van der Waals surface area contributed by atoms with Crippen molar-refractivity contribution in [2.24, 2.45) is 5.73 Å². The van der Waals surface area contributed by atoms with E-state index in [4.69, 9.17) is 5.73 Å². The minimum Gasteiger partial charge on any atom is -0.392 e. The van der Waals surface area contributed by atoms with Gasteiger partial charge in [0.2, 0.25) is 0 Å². The quantitative estimate of drug-likeness (QED) is 0.812. The Kier molecular flexibility index (Phi) is 4.77. The SMILES string of the molecule is CCc1ccc(C(C)CC(O)C(C)N)s1. The standard InChI is InChI=1S/C12H21NOS/c1-4-10-5-6-12(15-10)8(2)7-11(14)9(3)13/h5-6,8-9,11,14H,4,7,13H2,1-3H3. The zero-order chi connectivity index (χ0) is 11.4. The fourth-order valence-corrected chi connectivity index (χ4v) is 2.56. The fraction of sp³-hybridized carbons (Fsp3) is 0.667. The summed E-state index contributed by atoms with van der Waals surface area (Å²) >= 11 is 1.84. The Bertz CT molecular complexity index is 296. The molecule has 3 heteroatoms. The molecule has 0 spiro atoms. The number of thiophene rings is 1. The molecular weight excluding hydrogens is 206 g/mol. The highest BCUT2D eigenvalue weighted by atomic mass is 32.1. The lowest BCUT2D eigenvalue weighted by Crippen LogP contribution is -2.32. The van der Waals surface area contributed by atoms with Crippen molar-refractivity contribution in [3.63, 3.8) is 0 Å². The molecule has 15 heavy (non-hydrogen) atoms. The van der Waals surface area contributed by atoms with E-state index in [1.54, 1.807) is 0 Å². The molecule has 0 aliphatic carbocycles. The molecule has 1 rings (SSSR count). The van der Waals surface area contributed by atoms with E-state index in [0.717, 1.165) is 12.8 Å². The Labute approximate surface area is 96.1 Å². The van der Waals surface area contributed by atoms with Crippen molar-refractivity contribution >= 4 is 11.3 Å². The van der Waals surface area contributed by atoms with Gasteiger partial charge in [-0.25, -0.2) is 0 Å². The monoisotopic (exact) mass is 227 g/mol. The normalized spacial score (nSPS) is 17.4. The molecule has 0 aromatic carbocycles. The molecule has 1 heterocycles. The summed E-state index contributed by atoms with van der Waals surface area (Å²) in [5.74, 6) is 0.399. The van der Waals surface area contributed by atoms with Gasteiger partial charge in [-0.2, -0.15) is 0 Å². The van der Waals surface area contributed by atoms with E-state index >= 15 is 0 Å². The Hall–Kier alpha value is -0.380. The van der Waals surface area contributed by atoms with Crippen LogP contribution in [0.15, 0.2) is 12.1 Å². The summed E-state index contributed by atoms with van der Waals surface area (Å²) in [6.45, 7) is 6.16. The van der Waals surface area contributed by atoms with Gasteiger partial charge < -0.3 is 10.8 Å². The highest BCUT2D eigenvalue weighted by Crippen LogP contribution is 2.28. The van der Waals surface area contributed by atoms with Crippen LogP contribution in [0.1, 0.15) is 42.9 Å². The molecule has 0 radical (unpaired) electrons. The van der Waals surface area contributed by atoms with Gasteiger partial charge in [0.15, 0.2) is 0 Å². The first-order valence-electron chi connectivity index (χ1n) is 5.56. The molecule has 0 fully saturated rings. The van der Waals surface area contributed by atoms with Crippen molar-refractivity contribution in [2.45, 2.75) is 51.7 Å². The predicted molar refractivity (Wildman–Crippen MR) is 66.4 cm³/mol. The zero-order valence-electron chi connectivity index (χ0n) is 9.73. The summed E-state index contributed by atoms with van der Waals surface area (Å²) in [6, 6.07) is 4.20. The van der Waals surface area contributed by atoms with Gasteiger partial charge in [0, 0.05) is 15.8 Å². The smallest absolute Gasteiger partial charge is 0.0694 e. The van der Waals surface area contributed by atoms with Crippen molar-refractivity contribution in [3.05, 3.63) is 21.9 Å². The summed E-state index contributed by atoms with van der Waals surface area (Å²) in [6.07, 6.45) is 1.45. The maximum atomic E-state index is 9.70. The van der Waals surface area contributed by atoms with Crippen molar-refractivity contribution in [1.29, 1.82) is 0 Å². The minimum absolute atomic E-state index is 0.141. The molecule has 0 aliphatic rings. The molecule has 0 bridgehead atoms. The zero-order valence-corrected chi connectivity index (χ0v) is 10.6. The number of nitrogens with two attached hydrogens (primary N) is 1. The minimum atomic E-state index is -0.396. The van der Waals surface area contributed by atoms with Crippen molar-refractivity contribution < 1.29 is 5.11 Å². The second kappa shape index (κ2) is 5.64. The number of hydrogen-bond donors (Lipinski definition) is 2. The highest BCUT2D eigenvalue weighted by molar-refractivity contribution is 7.12. The van der Waals surface area contributed by atoms with Crippen LogP contribution in [0, 0.1) is 0 Å². The third-order valence-corrected chi connectivity index (χ3v) is 4.18. The Morgan fingerprint density at radius 2 is 2.07 bits per heavy atom. The van der Waals surface area contributed by atoms with Crippen molar-refractivity contribution in [3.8, 4) is 0 Å². The summed E-state index contributed by atoms with van der Waals surface area (Å²) in [4.78, 5) is 2.76. The molecule has 3 N–H and O–H groups in total. The van der Waals surface area contributed by atoms with E-state index in [0.29, 0.717) is 5.92 Å². The third-order valence-electron chi connectivity index (χ3n) is 2.72. The van der Waals surface area contributed by atoms with Crippen LogP contribution in [0.25, 0.3) is 0 Å². The Balaban J connectivity index is 2.56. The molecule has 2 nitrogen and oxygen atoms in total. The molecule has 1 aromatic heterocycles. The Morgan fingerprint density at radius 3 is 2.53 bits per heavy atom. The van der Waals surface area contributed by atoms with E-state index in [1.807, 2.05) is 18.3 Å². The maximum absolute atomic E-state index is 9.70. The van der Waals surface area contributed by atoms with Crippen molar-refractivity contribution in [1.82, 2.24) is 0 Å². The van der Waals surface area contributed by atoms with Crippen molar-refractivity contribution in [2.75, 3.05) is 0 Å². The number of aryl methyl sites for hydroxylation is 1. The van der Waals surface area contributed by atoms with Crippen LogP contribution in [0.5, 0.6) is 0 Å². The van der Waals surface area contributed by atoms with E-state index in [-0.39, 0.29) is 6.04 Å². The lowest BCUT2D eigenvalue weighted by atomic mass is 9.98. The van der Waals surface area contributed by atoms with Crippen LogP contribution in [0.2, 0.25) is 0 Å². The largest absolute Gasteiger partial charge is 0.392 e. The number of hydrogen-bond acceptors (Lipinski definition) is 3. The number of rotatable bonds is 5. The lowest BCUT2D eigenvalue weighted by molar-refractivity contribution is 0.135. The second-order valence-corrected chi connectivity index (χ2v) is 5.42. The van der Waals surface area contributed by atoms with Crippen LogP contribution in [0.3, 0.4) is 0 Å². The average molecular weight is 227 g/mol. The summed E-state index contributed by atoms with van der Waals surface area (Å²) in [7, 11) is 0. The highest BCUT2D eigenvalue weighted by Gasteiger charge is 2.16. The van der Waals surface area contributed by atoms with Crippen LogP contribution < -0.4 is 5.73 Å². The predicted octanol–water partition coefficient (Wildman–Crippen LogP) is 2.51. The first kappa shape index (κ1) is 12.7. The van der Waals surface area contributed by atoms with E-state index in [9.17, 15) is 5.11 Å². The van der Waals surface area contributed by atoms with Gasteiger partial charge in [-0.1, -0.05) is 13.8 Å². The van der Waals surface area contributed by atoms with E-state index in [2.05, 4.69) is 26.0 Å². The Morgan fingerprint density at radius 1 is 1.40 bits per heavy atom. The molecule has 3 atom stereocenters. The lowest BCUT2D eigenvalue weighted by Gasteiger charge is -2.18. The molecule has 0 saturated heterocycles. The molecule has 0 saturated carbocycles. The molecule has 1 aromatic rings. The fourth-order valence-electron chi connectivity index (χ4n) is 1.54. The summed E-state index contributed by atoms with van der Waals surface area (Å²) in [5.41, 5.74) is 5.65. The van der Waals surface area contributed by atoms with E-state index in [1.165, 1.54) is 9.75 Å². The van der Waals surface area contributed by atoms with Gasteiger partial charge in [0.25, 0.3) is 0 Å². The second-order valence-electron chi connectivity index (χ2n) is 4.22. The van der Waals surface area contributed by atoms with Gasteiger partial charge in [-0.05, 0) is 37.8 Å². The van der Waals surface area contributed by atoms with Gasteiger partial charge in [-0.3, -0.25) is 0 Å².